The lowest BCUT2D eigenvalue weighted by Gasteiger charge is -2.39. The molecule has 3 rings (SSSR count). The van der Waals surface area contributed by atoms with Gasteiger partial charge >= 0.3 is 0 Å². The Kier molecular flexibility index (Phi) is 3.71. The van der Waals surface area contributed by atoms with Crippen molar-refractivity contribution in [3.05, 3.63) is 27.7 Å². The molecule has 0 bridgehead atoms. The molecule has 0 spiro atoms. The van der Waals surface area contributed by atoms with E-state index in [4.69, 9.17) is 0 Å². The van der Waals surface area contributed by atoms with Gasteiger partial charge in [-0.05, 0) is 47.3 Å². The standard InChI is InChI=1S/C13H17BrN2.ClH/c1-8-3-4-10-5-11-7-15-6-9(2)16(11)13(10)12(8)14;/h3-4,9,11,15H,5-7H2,1-2H3;1H/t9-,11-;/m1./s1. The molecule has 0 unspecified atom stereocenters. The highest BCUT2D eigenvalue weighted by Gasteiger charge is 2.36. The third-order valence-electron chi connectivity index (χ3n) is 3.79. The van der Waals surface area contributed by atoms with Crippen LogP contribution in [0, 0.1) is 6.92 Å². The average molecular weight is 318 g/mol. The van der Waals surface area contributed by atoms with Gasteiger partial charge in [-0.1, -0.05) is 12.1 Å². The summed E-state index contributed by atoms with van der Waals surface area (Å²) in [4.78, 5) is 2.60. The summed E-state index contributed by atoms with van der Waals surface area (Å²) in [5, 5.41) is 3.52. The molecule has 0 saturated carbocycles. The minimum absolute atomic E-state index is 0. The minimum Gasteiger partial charge on any atom is -0.362 e. The largest absolute Gasteiger partial charge is 0.362 e. The molecule has 2 aliphatic heterocycles. The van der Waals surface area contributed by atoms with Gasteiger partial charge in [-0.3, -0.25) is 0 Å². The maximum Gasteiger partial charge on any atom is 0.0552 e. The zero-order chi connectivity index (χ0) is 11.3. The van der Waals surface area contributed by atoms with Crippen LogP contribution in [0.2, 0.25) is 0 Å². The normalized spacial score (nSPS) is 26.2. The Morgan fingerprint density at radius 1 is 1.35 bits per heavy atom. The summed E-state index contributed by atoms with van der Waals surface area (Å²) in [5.41, 5.74) is 4.28. The summed E-state index contributed by atoms with van der Waals surface area (Å²) in [7, 11) is 0. The van der Waals surface area contributed by atoms with Crippen molar-refractivity contribution in [1.82, 2.24) is 5.32 Å². The molecule has 1 saturated heterocycles. The first-order valence-corrected chi connectivity index (χ1v) is 6.75. The number of halogens is 2. The summed E-state index contributed by atoms with van der Waals surface area (Å²) in [6.07, 6.45) is 1.19. The summed E-state index contributed by atoms with van der Waals surface area (Å²) in [6, 6.07) is 5.76. The van der Waals surface area contributed by atoms with Gasteiger partial charge in [-0.15, -0.1) is 12.4 Å². The van der Waals surface area contributed by atoms with E-state index in [1.54, 1.807) is 0 Å². The summed E-state index contributed by atoms with van der Waals surface area (Å²) in [6.45, 7) is 6.69. The molecule has 2 heterocycles. The van der Waals surface area contributed by atoms with Gasteiger partial charge in [0.15, 0.2) is 0 Å². The molecule has 1 fully saturated rings. The van der Waals surface area contributed by atoms with Crippen LogP contribution in [0.3, 0.4) is 0 Å². The number of rotatable bonds is 0. The van der Waals surface area contributed by atoms with Gasteiger partial charge in [0.25, 0.3) is 0 Å². The van der Waals surface area contributed by atoms with Crippen LogP contribution in [0.4, 0.5) is 5.69 Å². The van der Waals surface area contributed by atoms with Crippen molar-refractivity contribution in [2.45, 2.75) is 32.4 Å². The third-order valence-corrected chi connectivity index (χ3v) is 4.80. The van der Waals surface area contributed by atoms with Gasteiger partial charge in [0.1, 0.15) is 0 Å². The van der Waals surface area contributed by atoms with Crippen LogP contribution in [-0.4, -0.2) is 25.2 Å². The number of anilines is 1. The number of benzene rings is 1. The summed E-state index contributed by atoms with van der Waals surface area (Å²) in [5.74, 6) is 0. The zero-order valence-electron chi connectivity index (χ0n) is 10.2. The van der Waals surface area contributed by atoms with E-state index in [9.17, 15) is 0 Å². The number of fused-ring (bicyclic) bond motifs is 3. The van der Waals surface area contributed by atoms with Crippen molar-refractivity contribution in [2.24, 2.45) is 0 Å². The monoisotopic (exact) mass is 316 g/mol. The number of nitrogens with one attached hydrogen (secondary N) is 1. The first-order valence-electron chi connectivity index (χ1n) is 5.95. The molecule has 17 heavy (non-hydrogen) atoms. The first kappa shape index (κ1) is 13.2. The van der Waals surface area contributed by atoms with Crippen LogP contribution < -0.4 is 10.2 Å². The molecular formula is C13H18BrClN2. The Balaban J connectivity index is 0.00000108. The van der Waals surface area contributed by atoms with Crippen LogP contribution in [-0.2, 0) is 6.42 Å². The SMILES string of the molecule is Cc1ccc2c(c1Br)N1[C@@H](CNC[C@H]1C)C2.Cl. The van der Waals surface area contributed by atoms with Gasteiger partial charge in [0, 0.05) is 29.6 Å². The maximum atomic E-state index is 3.76. The second kappa shape index (κ2) is 4.79. The lowest BCUT2D eigenvalue weighted by atomic mass is 10.1. The van der Waals surface area contributed by atoms with Gasteiger partial charge in [0.2, 0.25) is 0 Å². The predicted octanol–water partition coefficient (Wildman–Crippen LogP) is 2.90. The van der Waals surface area contributed by atoms with Gasteiger partial charge < -0.3 is 10.2 Å². The van der Waals surface area contributed by atoms with E-state index in [0.717, 1.165) is 13.1 Å². The second-order valence-electron chi connectivity index (χ2n) is 4.98. The minimum atomic E-state index is 0. The van der Waals surface area contributed by atoms with Crippen molar-refractivity contribution in [1.29, 1.82) is 0 Å². The second-order valence-corrected chi connectivity index (χ2v) is 5.77. The van der Waals surface area contributed by atoms with Crippen molar-refractivity contribution < 1.29 is 0 Å². The molecular weight excluding hydrogens is 300 g/mol. The molecule has 2 atom stereocenters. The van der Waals surface area contributed by atoms with E-state index >= 15 is 0 Å². The molecule has 94 valence electrons. The molecule has 1 N–H and O–H groups in total. The van der Waals surface area contributed by atoms with E-state index in [1.807, 2.05) is 0 Å². The van der Waals surface area contributed by atoms with Gasteiger partial charge in [0.05, 0.1) is 5.69 Å². The molecule has 1 aromatic carbocycles. The summed E-state index contributed by atoms with van der Waals surface area (Å²) < 4.78 is 1.29. The lowest BCUT2D eigenvalue weighted by Crippen LogP contribution is -2.55. The van der Waals surface area contributed by atoms with E-state index in [-0.39, 0.29) is 12.4 Å². The van der Waals surface area contributed by atoms with Crippen molar-refractivity contribution in [2.75, 3.05) is 18.0 Å². The molecule has 0 aliphatic carbocycles. The molecule has 2 nitrogen and oxygen atoms in total. The van der Waals surface area contributed by atoms with Crippen LogP contribution in [0.15, 0.2) is 16.6 Å². The van der Waals surface area contributed by atoms with E-state index in [2.05, 4.69) is 52.1 Å². The topological polar surface area (TPSA) is 15.3 Å². The molecule has 2 aliphatic rings. The average Bonchev–Trinajstić information content (AvgIpc) is 2.64. The Hall–Kier alpha value is -0.250. The van der Waals surface area contributed by atoms with Crippen LogP contribution in [0.25, 0.3) is 0 Å². The number of aryl methyl sites for hydroxylation is 1. The fraction of sp³-hybridized carbons (Fsp3) is 0.538. The van der Waals surface area contributed by atoms with Crippen molar-refractivity contribution in [3.8, 4) is 0 Å². The number of hydrogen-bond donors (Lipinski definition) is 1. The van der Waals surface area contributed by atoms with E-state index < -0.39 is 0 Å². The fourth-order valence-corrected chi connectivity index (χ4v) is 3.58. The molecule has 4 heteroatoms. The summed E-state index contributed by atoms with van der Waals surface area (Å²) >= 11 is 3.76. The molecule has 1 aromatic rings. The van der Waals surface area contributed by atoms with Crippen LogP contribution in [0.1, 0.15) is 18.1 Å². The van der Waals surface area contributed by atoms with Crippen LogP contribution >= 0.6 is 28.3 Å². The number of piperazine rings is 1. The first-order chi connectivity index (χ1) is 7.68. The third kappa shape index (κ3) is 1.98. The quantitative estimate of drug-likeness (QED) is 0.791. The van der Waals surface area contributed by atoms with E-state index in [0.29, 0.717) is 12.1 Å². The smallest absolute Gasteiger partial charge is 0.0552 e. The highest BCUT2D eigenvalue weighted by Crippen LogP contribution is 2.41. The highest BCUT2D eigenvalue weighted by atomic mass is 79.9. The fourth-order valence-electron chi connectivity index (χ4n) is 2.99. The Bertz CT molecular complexity index is 436. The van der Waals surface area contributed by atoms with Crippen LogP contribution in [0.5, 0.6) is 0 Å². The van der Waals surface area contributed by atoms with E-state index in [1.165, 1.54) is 27.7 Å². The lowest BCUT2D eigenvalue weighted by molar-refractivity contribution is 0.429. The Morgan fingerprint density at radius 3 is 2.88 bits per heavy atom. The Labute approximate surface area is 117 Å². The molecule has 0 aromatic heterocycles. The number of hydrogen-bond acceptors (Lipinski definition) is 2. The molecule has 0 amide bonds. The van der Waals surface area contributed by atoms with Gasteiger partial charge in [-0.25, -0.2) is 0 Å². The van der Waals surface area contributed by atoms with Crippen molar-refractivity contribution in [3.63, 3.8) is 0 Å². The van der Waals surface area contributed by atoms with Gasteiger partial charge in [-0.2, -0.15) is 0 Å². The highest BCUT2D eigenvalue weighted by molar-refractivity contribution is 9.10. The number of nitrogens with zero attached hydrogens (tertiary/aromatic N) is 1. The maximum absolute atomic E-state index is 3.76. The van der Waals surface area contributed by atoms with Crippen molar-refractivity contribution >= 4 is 34.0 Å². The Morgan fingerprint density at radius 2 is 2.12 bits per heavy atom. The molecule has 0 radical (unpaired) electrons. The zero-order valence-corrected chi connectivity index (χ0v) is 12.6. The predicted molar refractivity (Wildman–Crippen MR) is 78.4 cm³/mol.